The van der Waals surface area contributed by atoms with Crippen molar-refractivity contribution in [1.82, 2.24) is 0 Å². The fraction of sp³-hybridized carbons (Fsp3) is 0.909. The molecule has 0 amide bonds. The van der Waals surface area contributed by atoms with Gasteiger partial charge in [-0.3, -0.25) is 0 Å². The molecule has 0 saturated heterocycles. The number of rotatable bonds is 10. The van der Waals surface area contributed by atoms with Crippen LogP contribution in [0.2, 0.25) is 0 Å². The molecule has 1 unspecified atom stereocenters. The van der Waals surface area contributed by atoms with E-state index < -0.39 is 13.6 Å². The standard InChI is InChI=1S/C11H20ClO2.Al.S/c1-2-3-4-5-6-7-8-11(12)9-14-10-13;;/h11H,2-9H2,1H3;;. The molecule has 0 aliphatic heterocycles. The summed E-state index contributed by atoms with van der Waals surface area (Å²) in [5.41, 5.74) is 0. The summed E-state index contributed by atoms with van der Waals surface area (Å²) in [4.78, 5) is 10.6. The van der Waals surface area contributed by atoms with Crippen molar-refractivity contribution in [2.75, 3.05) is 6.61 Å². The van der Waals surface area contributed by atoms with Crippen LogP contribution in [-0.4, -0.2) is 30.4 Å². The fourth-order valence-corrected chi connectivity index (χ4v) is 2.02. The number of carbonyl (C=O) groups is 1. The first-order valence-corrected chi connectivity index (χ1v) is 8.86. The number of halogens is 1. The van der Waals surface area contributed by atoms with Gasteiger partial charge in [-0.15, -0.1) is 0 Å². The molecule has 1 atom stereocenters. The van der Waals surface area contributed by atoms with Crippen molar-refractivity contribution in [3.8, 4) is 0 Å². The van der Waals surface area contributed by atoms with Crippen LogP contribution in [0, 0.1) is 0 Å². The monoisotopic (exact) mass is 278 g/mol. The maximum atomic E-state index is 10.8. The molecular weight excluding hydrogens is 259 g/mol. The average Bonchev–Trinajstić information content (AvgIpc) is 2.30. The summed E-state index contributed by atoms with van der Waals surface area (Å²) in [5, 5.41) is -0.0453. The van der Waals surface area contributed by atoms with Gasteiger partial charge in [0.25, 0.3) is 0 Å². The molecule has 0 aromatic carbocycles. The van der Waals surface area contributed by atoms with Crippen LogP contribution in [0.4, 0.5) is 4.79 Å². The van der Waals surface area contributed by atoms with Gasteiger partial charge in [-0.2, -0.15) is 0 Å². The molecule has 0 radical (unpaired) electrons. The van der Waals surface area contributed by atoms with Crippen molar-refractivity contribution in [3.63, 3.8) is 0 Å². The normalized spacial score (nSPS) is 11.9. The van der Waals surface area contributed by atoms with Crippen molar-refractivity contribution in [1.29, 1.82) is 0 Å². The summed E-state index contributed by atoms with van der Waals surface area (Å²) >= 11 is 5.38. The van der Waals surface area contributed by atoms with Gasteiger partial charge in [0, 0.05) is 0 Å². The molecule has 0 fully saturated rings. The number of unbranched alkanes of at least 4 members (excludes halogenated alkanes) is 5. The first kappa shape index (κ1) is 16.5. The molecular formula is C11H20AlClO2S. The van der Waals surface area contributed by atoms with Crippen LogP contribution in [0.5, 0.6) is 0 Å². The van der Waals surface area contributed by atoms with Crippen molar-refractivity contribution >= 4 is 40.5 Å². The third kappa shape index (κ3) is 11.0. The molecule has 0 rings (SSSR count). The summed E-state index contributed by atoms with van der Waals surface area (Å²) in [6.45, 7) is 2.53. The quantitative estimate of drug-likeness (QED) is 0.339. The van der Waals surface area contributed by atoms with Gasteiger partial charge in [0.05, 0.1) is 0 Å². The van der Waals surface area contributed by atoms with Crippen LogP contribution in [0.1, 0.15) is 51.9 Å². The van der Waals surface area contributed by atoms with Crippen LogP contribution < -0.4 is 0 Å². The third-order valence-electron chi connectivity index (χ3n) is 2.37. The van der Waals surface area contributed by atoms with E-state index in [1.165, 1.54) is 32.1 Å². The Bertz CT molecular complexity index is 202. The Morgan fingerprint density at radius 3 is 2.56 bits per heavy atom. The van der Waals surface area contributed by atoms with E-state index in [-0.39, 0.29) is 10.2 Å². The second-order valence-corrected chi connectivity index (χ2v) is 5.93. The zero-order valence-electron chi connectivity index (χ0n) is 9.91. The molecule has 92 valence electrons. The van der Waals surface area contributed by atoms with Crippen molar-refractivity contribution < 1.29 is 9.53 Å². The molecule has 0 spiro atoms. The van der Waals surface area contributed by atoms with E-state index in [1.807, 2.05) is 0 Å². The van der Waals surface area contributed by atoms with Gasteiger partial charge in [0.15, 0.2) is 0 Å². The zero-order chi connectivity index (χ0) is 12.2. The van der Waals surface area contributed by atoms with Crippen molar-refractivity contribution in [3.05, 3.63) is 0 Å². The molecule has 2 nitrogen and oxygen atoms in total. The van der Waals surface area contributed by atoms with Gasteiger partial charge in [-0.1, -0.05) is 0 Å². The third-order valence-corrected chi connectivity index (χ3v) is 3.65. The number of ether oxygens (including phenoxy) is 1. The maximum absolute atomic E-state index is 10.8. The van der Waals surface area contributed by atoms with Crippen molar-refractivity contribution in [2.24, 2.45) is 0 Å². The Balaban J connectivity index is 3.26. The molecule has 0 heterocycles. The molecule has 0 aliphatic rings. The number of hydrogen-bond acceptors (Lipinski definition) is 3. The molecule has 0 aromatic heterocycles. The van der Waals surface area contributed by atoms with Gasteiger partial charge < -0.3 is 0 Å². The van der Waals surface area contributed by atoms with E-state index in [0.717, 1.165) is 12.8 Å². The minimum atomic E-state index is -0.639. The van der Waals surface area contributed by atoms with Gasteiger partial charge in [-0.05, 0) is 0 Å². The van der Waals surface area contributed by atoms with Crippen LogP contribution >= 0.6 is 22.1 Å². The molecule has 0 aliphatic carbocycles. The van der Waals surface area contributed by atoms with Crippen LogP contribution in [0.15, 0.2) is 0 Å². The number of alkyl halides is 1. The summed E-state index contributed by atoms with van der Waals surface area (Å²) in [6, 6.07) is 0. The van der Waals surface area contributed by atoms with E-state index >= 15 is 0 Å². The van der Waals surface area contributed by atoms with E-state index in [9.17, 15) is 4.79 Å². The van der Waals surface area contributed by atoms with Gasteiger partial charge in [-0.25, -0.2) is 0 Å². The predicted molar refractivity (Wildman–Crippen MR) is 72.3 cm³/mol. The van der Waals surface area contributed by atoms with Crippen LogP contribution in [0.3, 0.4) is 0 Å². The second-order valence-electron chi connectivity index (χ2n) is 3.90. The first-order chi connectivity index (χ1) is 7.70. The van der Waals surface area contributed by atoms with E-state index in [1.54, 1.807) is 0 Å². The molecule has 5 heteroatoms. The second kappa shape index (κ2) is 12.0. The Morgan fingerprint density at radius 2 is 1.94 bits per heavy atom. The SMILES string of the molecule is CCCCCCCCC(Cl)CO[C](=O)[Al]=[S]. The minimum absolute atomic E-state index is 0.0453. The van der Waals surface area contributed by atoms with Crippen molar-refractivity contribution in [2.45, 2.75) is 57.2 Å². The number of carbonyl (C=O) groups excluding carboxylic acids is 1. The topological polar surface area (TPSA) is 26.3 Å². The zero-order valence-corrected chi connectivity index (χ0v) is 12.6. The van der Waals surface area contributed by atoms with Crippen LogP contribution in [0.25, 0.3) is 0 Å². The first-order valence-electron chi connectivity index (χ1n) is 5.96. The van der Waals surface area contributed by atoms with E-state index in [2.05, 4.69) is 17.4 Å². The molecule has 0 saturated carbocycles. The Kier molecular flexibility index (Phi) is 12.4. The molecule has 0 bridgehead atoms. The molecule has 16 heavy (non-hydrogen) atoms. The van der Waals surface area contributed by atoms with Crippen LogP contribution in [-0.2, 0) is 4.74 Å². The molecule has 0 aromatic rings. The van der Waals surface area contributed by atoms with Gasteiger partial charge in [0.1, 0.15) is 0 Å². The predicted octanol–water partition coefficient (Wildman–Crippen LogP) is 4.30. The summed E-state index contributed by atoms with van der Waals surface area (Å²) in [7, 11) is 4.64. The Labute approximate surface area is 114 Å². The fourth-order valence-electron chi connectivity index (χ4n) is 1.44. The Morgan fingerprint density at radius 1 is 1.31 bits per heavy atom. The van der Waals surface area contributed by atoms with E-state index in [4.69, 9.17) is 16.3 Å². The van der Waals surface area contributed by atoms with E-state index in [0.29, 0.717) is 6.61 Å². The van der Waals surface area contributed by atoms with Gasteiger partial charge in [0.2, 0.25) is 0 Å². The summed E-state index contributed by atoms with van der Waals surface area (Å²) in [5.74, 6) is 0. The molecule has 0 N–H and O–H groups in total. The summed E-state index contributed by atoms with van der Waals surface area (Å²) < 4.78 is 4.91. The Hall–Kier alpha value is 0.512. The van der Waals surface area contributed by atoms with Gasteiger partial charge >= 0.3 is 114 Å². The summed E-state index contributed by atoms with van der Waals surface area (Å²) in [6.07, 6.45) is 8.47. The average molecular weight is 279 g/mol. The number of hydrogen-bond donors (Lipinski definition) is 0.